The molecule has 0 aliphatic rings. The first kappa shape index (κ1) is 12.2. The highest BCUT2D eigenvalue weighted by Crippen LogP contribution is 2.13. The maximum absolute atomic E-state index is 11.5. The fourth-order valence-corrected chi connectivity index (χ4v) is 1.26. The fraction of sp³-hybridized carbons (Fsp3) is 0.214. The van der Waals surface area contributed by atoms with Crippen LogP contribution >= 0.6 is 0 Å². The lowest BCUT2D eigenvalue weighted by Crippen LogP contribution is -2.07. The Balaban J connectivity index is 2.66. The Hall–Kier alpha value is -1.83. The number of hydrogen-bond donors (Lipinski definition) is 1. The summed E-state index contributed by atoms with van der Waals surface area (Å²) in [6.07, 6.45) is 6.92. The van der Waals surface area contributed by atoms with E-state index in [1.165, 1.54) is 17.2 Å². The summed E-state index contributed by atoms with van der Waals surface area (Å²) in [4.78, 5) is 11.5. The van der Waals surface area contributed by atoms with Crippen molar-refractivity contribution in [2.75, 3.05) is 5.32 Å². The van der Waals surface area contributed by atoms with Gasteiger partial charge in [0.15, 0.2) is 0 Å². The molecule has 16 heavy (non-hydrogen) atoms. The van der Waals surface area contributed by atoms with Gasteiger partial charge < -0.3 is 5.32 Å². The number of aryl methyl sites for hydroxylation is 2. The van der Waals surface area contributed by atoms with E-state index in [9.17, 15) is 4.79 Å². The molecule has 1 N–H and O–H groups in total. The van der Waals surface area contributed by atoms with Crippen LogP contribution in [0.5, 0.6) is 0 Å². The van der Waals surface area contributed by atoms with E-state index in [0.29, 0.717) is 0 Å². The quantitative estimate of drug-likeness (QED) is 0.608. The van der Waals surface area contributed by atoms with E-state index in [4.69, 9.17) is 0 Å². The first-order valence-electron chi connectivity index (χ1n) is 5.31. The van der Waals surface area contributed by atoms with E-state index in [1.807, 2.05) is 51.1 Å². The van der Waals surface area contributed by atoms with Gasteiger partial charge in [0.25, 0.3) is 0 Å². The SMILES string of the molecule is C/C=C/C=C/C(=O)Nc1ccc(C)c(C)c1. The molecule has 0 aliphatic carbocycles. The molecule has 1 aromatic carbocycles. The van der Waals surface area contributed by atoms with E-state index >= 15 is 0 Å². The van der Waals surface area contributed by atoms with Crippen molar-refractivity contribution in [2.24, 2.45) is 0 Å². The number of rotatable bonds is 3. The zero-order chi connectivity index (χ0) is 12.0. The number of carbonyl (C=O) groups excluding carboxylic acids is 1. The molecule has 1 amide bonds. The molecule has 1 rings (SSSR count). The summed E-state index contributed by atoms with van der Waals surface area (Å²) in [5.74, 6) is -0.110. The fourth-order valence-electron chi connectivity index (χ4n) is 1.26. The lowest BCUT2D eigenvalue weighted by molar-refractivity contribution is -0.111. The van der Waals surface area contributed by atoms with Gasteiger partial charge in [-0.15, -0.1) is 0 Å². The molecular weight excluding hydrogens is 198 g/mol. The van der Waals surface area contributed by atoms with Gasteiger partial charge in [-0.1, -0.05) is 24.3 Å². The van der Waals surface area contributed by atoms with Crippen LogP contribution in [0.25, 0.3) is 0 Å². The normalized spacial score (nSPS) is 11.2. The van der Waals surface area contributed by atoms with Gasteiger partial charge >= 0.3 is 0 Å². The van der Waals surface area contributed by atoms with Crippen LogP contribution in [-0.2, 0) is 4.79 Å². The molecule has 0 atom stereocenters. The summed E-state index contributed by atoms with van der Waals surface area (Å²) in [7, 11) is 0. The van der Waals surface area contributed by atoms with Gasteiger partial charge in [0, 0.05) is 11.8 Å². The summed E-state index contributed by atoms with van der Waals surface area (Å²) in [6.45, 7) is 5.99. The molecule has 2 heteroatoms. The monoisotopic (exact) mass is 215 g/mol. The zero-order valence-corrected chi connectivity index (χ0v) is 9.95. The number of benzene rings is 1. The second-order valence-corrected chi connectivity index (χ2v) is 3.67. The second-order valence-electron chi connectivity index (χ2n) is 3.67. The minimum absolute atomic E-state index is 0.110. The van der Waals surface area contributed by atoms with E-state index < -0.39 is 0 Å². The van der Waals surface area contributed by atoms with Crippen molar-refractivity contribution in [3.8, 4) is 0 Å². The highest BCUT2D eigenvalue weighted by molar-refractivity contribution is 5.99. The van der Waals surface area contributed by atoms with Crippen LogP contribution in [0.3, 0.4) is 0 Å². The van der Waals surface area contributed by atoms with Crippen LogP contribution in [0.15, 0.2) is 42.5 Å². The van der Waals surface area contributed by atoms with Crippen molar-refractivity contribution in [1.29, 1.82) is 0 Å². The molecule has 84 valence electrons. The Morgan fingerprint density at radius 2 is 1.94 bits per heavy atom. The highest BCUT2D eigenvalue weighted by Gasteiger charge is 1.98. The largest absolute Gasteiger partial charge is 0.323 e. The van der Waals surface area contributed by atoms with Crippen LogP contribution in [0, 0.1) is 13.8 Å². The number of hydrogen-bond acceptors (Lipinski definition) is 1. The van der Waals surface area contributed by atoms with Crippen molar-refractivity contribution < 1.29 is 4.79 Å². The van der Waals surface area contributed by atoms with Crippen molar-refractivity contribution in [3.05, 3.63) is 53.6 Å². The lowest BCUT2D eigenvalue weighted by Gasteiger charge is -2.05. The first-order valence-corrected chi connectivity index (χ1v) is 5.31. The number of amides is 1. The molecule has 1 aromatic rings. The molecule has 0 aromatic heterocycles. The minimum atomic E-state index is -0.110. The van der Waals surface area contributed by atoms with Crippen molar-refractivity contribution in [3.63, 3.8) is 0 Å². The molecule has 0 radical (unpaired) electrons. The van der Waals surface area contributed by atoms with Crippen molar-refractivity contribution in [1.82, 2.24) is 0 Å². The molecule has 2 nitrogen and oxygen atoms in total. The Morgan fingerprint density at radius 1 is 1.19 bits per heavy atom. The number of carbonyl (C=O) groups is 1. The maximum Gasteiger partial charge on any atom is 0.248 e. The minimum Gasteiger partial charge on any atom is -0.323 e. The second kappa shape index (κ2) is 5.91. The molecule has 0 spiro atoms. The lowest BCUT2D eigenvalue weighted by atomic mass is 10.1. The Labute approximate surface area is 96.7 Å². The molecule has 0 saturated heterocycles. The molecule has 0 aliphatic heterocycles. The Kier molecular flexibility index (Phi) is 4.52. The summed E-state index contributed by atoms with van der Waals surface area (Å²) in [6, 6.07) is 5.88. The molecule has 0 unspecified atom stereocenters. The molecule has 0 bridgehead atoms. The number of anilines is 1. The van der Waals surface area contributed by atoms with E-state index in [2.05, 4.69) is 5.32 Å². The van der Waals surface area contributed by atoms with Gasteiger partial charge in [-0.05, 0) is 44.0 Å². The van der Waals surface area contributed by atoms with Gasteiger partial charge in [-0.2, -0.15) is 0 Å². The molecule has 0 saturated carbocycles. The van der Waals surface area contributed by atoms with Gasteiger partial charge in [0.05, 0.1) is 0 Å². The summed E-state index contributed by atoms with van der Waals surface area (Å²) in [5.41, 5.74) is 3.23. The van der Waals surface area contributed by atoms with Crippen LogP contribution in [-0.4, -0.2) is 5.91 Å². The molecular formula is C14H17NO. The van der Waals surface area contributed by atoms with Gasteiger partial charge in [-0.3, -0.25) is 4.79 Å². The van der Waals surface area contributed by atoms with Crippen molar-refractivity contribution >= 4 is 11.6 Å². The predicted octanol–water partition coefficient (Wildman–Crippen LogP) is 3.37. The summed E-state index contributed by atoms with van der Waals surface area (Å²) < 4.78 is 0. The molecule has 0 heterocycles. The predicted molar refractivity (Wildman–Crippen MR) is 68.5 cm³/mol. The average molecular weight is 215 g/mol. The zero-order valence-electron chi connectivity index (χ0n) is 9.95. The van der Waals surface area contributed by atoms with Crippen LogP contribution in [0.4, 0.5) is 5.69 Å². The van der Waals surface area contributed by atoms with Crippen LogP contribution < -0.4 is 5.32 Å². The summed E-state index contributed by atoms with van der Waals surface area (Å²) >= 11 is 0. The summed E-state index contributed by atoms with van der Waals surface area (Å²) in [5, 5.41) is 2.81. The third-order valence-corrected chi connectivity index (χ3v) is 2.33. The van der Waals surface area contributed by atoms with Crippen LogP contribution in [0.2, 0.25) is 0 Å². The van der Waals surface area contributed by atoms with Gasteiger partial charge in [-0.25, -0.2) is 0 Å². The number of allylic oxidation sites excluding steroid dienone is 3. The van der Waals surface area contributed by atoms with E-state index in [1.54, 1.807) is 6.08 Å². The smallest absolute Gasteiger partial charge is 0.248 e. The number of nitrogens with one attached hydrogen (secondary N) is 1. The Morgan fingerprint density at radius 3 is 2.56 bits per heavy atom. The highest BCUT2D eigenvalue weighted by atomic mass is 16.1. The standard InChI is InChI=1S/C14H17NO/c1-4-5-6-7-14(16)15-13-9-8-11(2)12(3)10-13/h4-10H,1-3H3,(H,15,16)/b5-4+,7-6+. The topological polar surface area (TPSA) is 29.1 Å². The van der Waals surface area contributed by atoms with Crippen LogP contribution in [0.1, 0.15) is 18.1 Å². The maximum atomic E-state index is 11.5. The van der Waals surface area contributed by atoms with E-state index in [-0.39, 0.29) is 5.91 Å². The van der Waals surface area contributed by atoms with Gasteiger partial charge in [0.1, 0.15) is 0 Å². The van der Waals surface area contributed by atoms with E-state index in [0.717, 1.165) is 5.69 Å². The third kappa shape index (κ3) is 3.73. The first-order chi connectivity index (χ1) is 7.63. The Bertz CT molecular complexity index is 430. The van der Waals surface area contributed by atoms with Gasteiger partial charge in [0.2, 0.25) is 5.91 Å². The third-order valence-electron chi connectivity index (χ3n) is 2.33. The van der Waals surface area contributed by atoms with Crippen molar-refractivity contribution in [2.45, 2.75) is 20.8 Å². The average Bonchev–Trinajstić information content (AvgIpc) is 2.24. The molecule has 0 fully saturated rings.